The summed E-state index contributed by atoms with van der Waals surface area (Å²) in [4.78, 5) is 0.0649. The minimum atomic E-state index is -3.57. The van der Waals surface area contributed by atoms with Crippen LogP contribution in [0.2, 0.25) is 10.0 Å². The van der Waals surface area contributed by atoms with Crippen molar-refractivity contribution in [2.24, 2.45) is 5.73 Å². The van der Waals surface area contributed by atoms with Gasteiger partial charge in [-0.15, -0.1) is 12.4 Å². The number of benzene rings is 1. The number of sulfonamides is 1. The van der Waals surface area contributed by atoms with Gasteiger partial charge in [-0.2, -0.15) is 0 Å². The van der Waals surface area contributed by atoms with Gasteiger partial charge in [-0.1, -0.05) is 23.2 Å². The van der Waals surface area contributed by atoms with Gasteiger partial charge in [0.25, 0.3) is 0 Å². The zero-order valence-corrected chi connectivity index (χ0v) is 12.9. The molecule has 0 bridgehead atoms. The summed E-state index contributed by atoms with van der Waals surface area (Å²) in [6.45, 7) is 2.45. The molecule has 0 heterocycles. The Balaban J connectivity index is 0.00000289. The van der Waals surface area contributed by atoms with Gasteiger partial charge >= 0.3 is 0 Å². The second-order valence-electron chi connectivity index (χ2n) is 3.55. The van der Waals surface area contributed by atoms with Gasteiger partial charge in [0, 0.05) is 16.6 Å². The first-order valence-corrected chi connectivity index (χ1v) is 7.28. The smallest absolute Gasteiger partial charge is 0.240 e. The molecule has 0 spiro atoms. The second kappa shape index (κ2) is 7.53. The fourth-order valence-electron chi connectivity index (χ4n) is 1.17. The van der Waals surface area contributed by atoms with Crippen molar-refractivity contribution < 1.29 is 8.42 Å². The van der Waals surface area contributed by atoms with Gasteiger partial charge in [0.05, 0.1) is 4.90 Å². The Kier molecular flexibility index (Phi) is 7.51. The molecule has 1 aromatic carbocycles. The average molecular weight is 334 g/mol. The maximum Gasteiger partial charge on any atom is 0.240 e. The first-order chi connectivity index (χ1) is 7.88. The van der Waals surface area contributed by atoms with E-state index in [-0.39, 0.29) is 17.3 Å². The Labute approximate surface area is 123 Å². The normalized spacial score (nSPS) is 11.1. The van der Waals surface area contributed by atoms with E-state index in [9.17, 15) is 8.42 Å². The summed E-state index contributed by atoms with van der Waals surface area (Å²) in [6, 6.07) is 2.76. The maximum atomic E-state index is 11.9. The van der Waals surface area contributed by atoms with Crippen LogP contribution in [0.4, 0.5) is 0 Å². The largest absolute Gasteiger partial charge is 0.330 e. The Morgan fingerprint density at radius 1 is 1.28 bits per heavy atom. The zero-order valence-electron chi connectivity index (χ0n) is 9.74. The molecule has 0 aliphatic rings. The average Bonchev–Trinajstić information content (AvgIpc) is 2.25. The topological polar surface area (TPSA) is 72.2 Å². The van der Waals surface area contributed by atoms with E-state index in [0.717, 1.165) is 0 Å². The number of nitrogens with two attached hydrogens (primary N) is 1. The zero-order chi connectivity index (χ0) is 13.1. The molecule has 104 valence electrons. The molecule has 0 aromatic heterocycles. The van der Waals surface area contributed by atoms with Crippen molar-refractivity contribution in [3.8, 4) is 0 Å². The summed E-state index contributed by atoms with van der Waals surface area (Å²) in [7, 11) is -3.57. The molecule has 1 aromatic rings. The van der Waals surface area contributed by atoms with Gasteiger partial charge in [0.15, 0.2) is 0 Å². The van der Waals surface area contributed by atoms with E-state index in [0.29, 0.717) is 35.1 Å². The van der Waals surface area contributed by atoms with Gasteiger partial charge in [-0.25, -0.2) is 13.1 Å². The summed E-state index contributed by atoms with van der Waals surface area (Å²) in [5, 5.41) is 0.661. The first kappa shape index (κ1) is 18.0. The van der Waals surface area contributed by atoms with Crippen molar-refractivity contribution in [3.63, 3.8) is 0 Å². The van der Waals surface area contributed by atoms with E-state index in [1.807, 2.05) is 0 Å². The van der Waals surface area contributed by atoms with Crippen molar-refractivity contribution in [1.82, 2.24) is 4.72 Å². The van der Waals surface area contributed by atoms with Crippen LogP contribution in [-0.4, -0.2) is 21.5 Å². The standard InChI is InChI=1S/C10H14Cl2N2O2S.ClH/c1-7-9(11)5-8(6-10(7)12)17(15,16)14-4-2-3-13;/h5-6,14H,2-4,13H2,1H3;1H. The molecule has 0 radical (unpaired) electrons. The van der Waals surface area contributed by atoms with Crippen LogP contribution in [0.1, 0.15) is 12.0 Å². The van der Waals surface area contributed by atoms with Crippen LogP contribution in [0.15, 0.2) is 17.0 Å². The minimum Gasteiger partial charge on any atom is -0.330 e. The quantitative estimate of drug-likeness (QED) is 0.812. The number of nitrogens with one attached hydrogen (secondary N) is 1. The van der Waals surface area contributed by atoms with E-state index in [1.165, 1.54) is 12.1 Å². The molecule has 1 rings (SSSR count). The summed E-state index contributed by atoms with van der Waals surface area (Å²) >= 11 is 11.8. The fraction of sp³-hybridized carbons (Fsp3) is 0.400. The lowest BCUT2D eigenvalue weighted by Crippen LogP contribution is -2.26. The minimum absolute atomic E-state index is 0. The Morgan fingerprint density at radius 3 is 2.22 bits per heavy atom. The maximum absolute atomic E-state index is 11.9. The van der Waals surface area contributed by atoms with Gasteiger partial charge in [0.1, 0.15) is 0 Å². The molecule has 0 atom stereocenters. The predicted octanol–water partition coefficient (Wildman–Crippen LogP) is 2.35. The van der Waals surface area contributed by atoms with Crippen LogP contribution in [-0.2, 0) is 10.0 Å². The number of halogens is 3. The highest BCUT2D eigenvalue weighted by Crippen LogP contribution is 2.27. The monoisotopic (exact) mass is 332 g/mol. The highest BCUT2D eigenvalue weighted by atomic mass is 35.5. The van der Waals surface area contributed by atoms with Crippen LogP contribution in [0, 0.1) is 6.92 Å². The van der Waals surface area contributed by atoms with Crippen molar-refractivity contribution in [3.05, 3.63) is 27.7 Å². The third kappa shape index (κ3) is 4.57. The number of hydrogen-bond acceptors (Lipinski definition) is 3. The van der Waals surface area contributed by atoms with E-state index in [2.05, 4.69) is 4.72 Å². The lowest BCUT2D eigenvalue weighted by molar-refractivity contribution is 0.579. The van der Waals surface area contributed by atoms with Crippen molar-refractivity contribution in [1.29, 1.82) is 0 Å². The third-order valence-electron chi connectivity index (χ3n) is 2.24. The van der Waals surface area contributed by atoms with E-state index in [1.54, 1.807) is 6.92 Å². The third-order valence-corrected chi connectivity index (χ3v) is 4.46. The molecule has 18 heavy (non-hydrogen) atoms. The molecule has 0 saturated heterocycles. The summed E-state index contributed by atoms with van der Waals surface area (Å²) in [6.07, 6.45) is 0.576. The van der Waals surface area contributed by atoms with E-state index in [4.69, 9.17) is 28.9 Å². The Bertz CT molecular complexity index is 483. The van der Waals surface area contributed by atoms with Crippen molar-refractivity contribution in [2.45, 2.75) is 18.2 Å². The van der Waals surface area contributed by atoms with E-state index >= 15 is 0 Å². The molecule has 0 aliphatic heterocycles. The van der Waals surface area contributed by atoms with Gasteiger partial charge in [0.2, 0.25) is 10.0 Å². The predicted molar refractivity (Wildman–Crippen MR) is 77.3 cm³/mol. The first-order valence-electron chi connectivity index (χ1n) is 5.04. The molecule has 0 fully saturated rings. The molecule has 8 heteroatoms. The summed E-state index contributed by atoms with van der Waals surface area (Å²) in [5.74, 6) is 0. The van der Waals surface area contributed by atoms with Crippen molar-refractivity contribution >= 4 is 45.6 Å². The van der Waals surface area contributed by atoms with Crippen LogP contribution < -0.4 is 10.5 Å². The van der Waals surface area contributed by atoms with Crippen LogP contribution >= 0.6 is 35.6 Å². The molecule has 4 nitrogen and oxygen atoms in total. The van der Waals surface area contributed by atoms with Crippen LogP contribution in [0.3, 0.4) is 0 Å². The van der Waals surface area contributed by atoms with Crippen LogP contribution in [0.25, 0.3) is 0 Å². The van der Waals surface area contributed by atoms with Gasteiger partial charge in [-0.05, 0) is 37.6 Å². The molecule has 3 N–H and O–H groups in total. The molecule has 0 amide bonds. The lowest BCUT2D eigenvalue weighted by Gasteiger charge is -2.08. The molecule has 0 saturated carbocycles. The number of hydrogen-bond donors (Lipinski definition) is 2. The molecular formula is C10H15Cl3N2O2S. The second-order valence-corrected chi connectivity index (χ2v) is 6.13. The number of rotatable bonds is 5. The van der Waals surface area contributed by atoms with E-state index < -0.39 is 10.0 Å². The summed E-state index contributed by atoms with van der Waals surface area (Å²) in [5.41, 5.74) is 5.95. The SMILES string of the molecule is Cc1c(Cl)cc(S(=O)(=O)NCCCN)cc1Cl.Cl. The Morgan fingerprint density at radius 2 is 1.78 bits per heavy atom. The molecule has 0 aliphatic carbocycles. The van der Waals surface area contributed by atoms with Gasteiger partial charge in [-0.3, -0.25) is 0 Å². The lowest BCUT2D eigenvalue weighted by atomic mass is 10.2. The highest BCUT2D eigenvalue weighted by molar-refractivity contribution is 7.89. The summed E-state index contributed by atoms with van der Waals surface area (Å²) < 4.78 is 26.1. The van der Waals surface area contributed by atoms with Crippen LogP contribution in [0.5, 0.6) is 0 Å². The molecule has 0 unspecified atom stereocenters. The fourth-order valence-corrected chi connectivity index (χ4v) is 2.91. The van der Waals surface area contributed by atoms with Crippen molar-refractivity contribution in [2.75, 3.05) is 13.1 Å². The highest BCUT2D eigenvalue weighted by Gasteiger charge is 2.16. The van der Waals surface area contributed by atoms with Gasteiger partial charge < -0.3 is 5.73 Å². The molecular weight excluding hydrogens is 319 g/mol. The Hall–Kier alpha value is -0.0400.